The molecule has 6 heteroatoms. The van der Waals surface area contributed by atoms with Crippen LogP contribution in [0.25, 0.3) is 106 Å². The van der Waals surface area contributed by atoms with E-state index < -0.39 is 0 Å². The van der Waals surface area contributed by atoms with E-state index in [1.54, 1.807) is 0 Å². The Morgan fingerprint density at radius 3 is 1.41 bits per heavy atom. The number of hydrogen-bond donors (Lipinski definition) is 0. The summed E-state index contributed by atoms with van der Waals surface area (Å²) in [5.41, 5.74) is 14.2. The van der Waals surface area contributed by atoms with E-state index in [9.17, 15) is 0 Å². The van der Waals surface area contributed by atoms with Crippen molar-refractivity contribution in [2.45, 2.75) is 0 Å². The van der Waals surface area contributed by atoms with E-state index >= 15 is 0 Å². The smallest absolute Gasteiger partial charge is 0.164 e. The van der Waals surface area contributed by atoms with Gasteiger partial charge in [0.15, 0.2) is 17.5 Å². The SMILES string of the molecule is c1ccc(-c2nc(-c3ccc(-c4c5ccccc5n5c6ccccc6n(-c6ccccc6)c45)cc3)nc(-c3cccc(-n4c5ccccc5c5ccccc54)c3)n2)cc1. The van der Waals surface area contributed by atoms with Crippen LogP contribution < -0.4 is 0 Å². The van der Waals surface area contributed by atoms with E-state index in [1.807, 2.05) is 18.2 Å². The molecule has 59 heavy (non-hydrogen) atoms. The van der Waals surface area contributed by atoms with Crippen molar-refractivity contribution in [3.63, 3.8) is 0 Å². The maximum Gasteiger partial charge on any atom is 0.164 e. The average Bonchev–Trinajstić information content (AvgIpc) is 3.95. The molecular weight excluding hydrogens is 721 g/mol. The van der Waals surface area contributed by atoms with Crippen molar-refractivity contribution >= 4 is 49.4 Å². The van der Waals surface area contributed by atoms with Crippen molar-refractivity contribution in [2.75, 3.05) is 0 Å². The largest absolute Gasteiger partial charge is 0.309 e. The molecular formula is C53H34N6. The fourth-order valence-corrected chi connectivity index (χ4v) is 8.88. The van der Waals surface area contributed by atoms with Gasteiger partial charge in [-0.3, -0.25) is 8.97 Å². The number of fused-ring (bicyclic) bond motifs is 8. The zero-order chi connectivity index (χ0) is 38.9. The minimum Gasteiger partial charge on any atom is -0.309 e. The highest BCUT2D eigenvalue weighted by Crippen LogP contribution is 2.41. The van der Waals surface area contributed by atoms with Crippen molar-refractivity contribution in [3.8, 4) is 56.7 Å². The molecule has 12 rings (SSSR count). The molecule has 0 radical (unpaired) electrons. The van der Waals surface area contributed by atoms with Crippen LogP contribution in [0.15, 0.2) is 206 Å². The zero-order valence-corrected chi connectivity index (χ0v) is 31.8. The minimum atomic E-state index is 0.618. The van der Waals surface area contributed by atoms with E-state index in [4.69, 9.17) is 15.0 Å². The summed E-state index contributed by atoms with van der Waals surface area (Å²) in [5.74, 6) is 1.87. The van der Waals surface area contributed by atoms with Crippen molar-refractivity contribution in [1.82, 2.24) is 28.5 Å². The van der Waals surface area contributed by atoms with Gasteiger partial charge in [-0.05, 0) is 60.2 Å². The molecule has 0 bridgehead atoms. The monoisotopic (exact) mass is 754 g/mol. The molecule has 0 N–H and O–H groups in total. The van der Waals surface area contributed by atoms with Gasteiger partial charge in [-0.25, -0.2) is 15.0 Å². The fourth-order valence-electron chi connectivity index (χ4n) is 8.88. The molecule has 0 unspecified atom stereocenters. The predicted molar refractivity (Wildman–Crippen MR) is 241 cm³/mol. The molecule has 0 aliphatic heterocycles. The molecule has 8 aromatic carbocycles. The first kappa shape index (κ1) is 33.1. The number of benzene rings is 8. The third-order valence-electron chi connectivity index (χ3n) is 11.5. The van der Waals surface area contributed by atoms with Crippen LogP contribution in [-0.2, 0) is 0 Å². The van der Waals surface area contributed by atoms with Crippen LogP contribution in [0.5, 0.6) is 0 Å². The number of imidazole rings is 1. The quantitative estimate of drug-likeness (QED) is 0.170. The molecule has 0 saturated carbocycles. The van der Waals surface area contributed by atoms with Crippen LogP contribution in [-0.4, -0.2) is 28.5 Å². The Labute approximate surface area is 339 Å². The van der Waals surface area contributed by atoms with Crippen LogP contribution in [0.1, 0.15) is 0 Å². The van der Waals surface area contributed by atoms with E-state index in [-0.39, 0.29) is 0 Å². The van der Waals surface area contributed by atoms with Crippen molar-refractivity contribution in [1.29, 1.82) is 0 Å². The normalized spacial score (nSPS) is 11.7. The van der Waals surface area contributed by atoms with Gasteiger partial charge in [-0.2, -0.15) is 0 Å². The third kappa shape index (κ3) is 5.24. The first-order chi connectivity index (χ1) is 29.3. The summed E-state index contributed by atoms with van der Waals surface area (Å²) in [4.78, 5) is 15.4. The highest BCUT2D eigenvalue weighted by atomic mass is 15.1. The van der Waals surface area contributed by atoms with Gasteiger partial charge in [-0.15, -0.1) is 0 Å². The van der Waals surface area contributed by atoms with Crippen molar-refractivity contribution in [3.05, 3.63) is 206 Å². The van der Waals surface area contributed by atoms with Crippen LogP contribution in [0, 0.1) is 0 Å². The highest BCUT2D eigenvalue weighted by molar-refractivity contribution is 6.10. The Kier molecular flexibility index (Phi) is 7.43. The van der Waals surface area contributed by atoms with Crippen LogP contribution in [0.4, 0.5) is 0 Å². The summed E-state index contributed by atoms with van der Waals surface area (Å²) >= 11 is 0. The Morgan fingerprint density at radius 2 is 0.746 bits per heavy atom. The van der Waals surface area contributed by atoms with Crippen molar-refractivity contribution < 1.29 is 0 Å². The molecule has 0 amide bonds. The van der Waals surface area contributed by atoms with Crippen LogP contribution in [0.2, 0.25) is 0 Å². The Morgan fingerprint density at radius 1 is 0.288 bits per heavy atom. The van der Waals surface area contributed by atoms with Gasteiger partial charge in [0.1, 0.15) is 5.65 Å². The Hall–Kier alpha value is -8.09. The van der Waals surface area contributed by atoms with Gasteiger partial charge < -0.3 is 4.57 Å². The molecule has 4 heterocycles. The number of para-hydroxylation sites is 6. The van der Waals surface area contributed by atoms with Crippen LogP contribution in [0.3, 0.4) is 0 Å². The first-order valence-electron chi connectivity index (χ1n) is 19.9. The molecule has 12 aromatic rings. The summed E-state index contributed by atoms with van der Waals surface area (Å²) < 4.78 is 7.11. The molecule has 0 atom stereocenters. The molecule has 0 fully saturated rings. The van der Waals surface area contributed by atoms with Crippen LogP contribution >= 0.6 is 0 Å². The van der Waals surface area contributed by atoms with Gasteiger partial charge in [0.2, 0.25) is 0 Å². The summed E-state index contributed by atoms with van der Waals surface area (Å²) in [6.45, 7) is 0. The average molecular weight is 755 g/mol. The highest BCUT2D eigenvalue weighted by Gasteiger charge is 2.23. The Bertz CT molecular complexity index is 3490. The first-order valence-corrected chi connectivity index (χ1v) is 19.9. The van der Waals surface area contributed by atoms with E-state index in [1.165, 1.54) is 32.8 Å². The molecule has 6 nitrogen and oxygen atoms in total. The lowest BCUT2D eigenvalue weighted by Gasteiger charge is -2.12. The predicted octanol–water partition coefficient (Wildman–Crippen LogP) is 13.0. The molecule has 0 aliphatic carbocycles. The number of nitrogens with zero attached hydrogens (tertiary/aromatic N) is 6. The fraction of sp³-hybridized carbons (Fsp3) is 0. The summed E-state index contributed by atoms with van der Waals surface area (Å²) in [5, 5.41) is 3.64. The van der Waals surface area contributed by atoms with Gasteiger partial charge >= 0.3 is 0 Å². The van der Waals surface area contributed by atoms with Gasteiger partial charge in [0, 0.05) is 49.8 Å². The maximum absolute atomic E-state index is 5.18. The summed E-state index contributed by atoms with van der Waals surface area (Å²) in [6.07, 6.45) is 0. The summed E-state index contributed by atoms with van der Waals surface area (Å²) in [6, 6.07) is 72.5. The van der Waals surface area contributed by atoms with E-state index in [0.717, 1.165) is 55.8 Å². The molecule has 0 aliphatic rings. The second-order valence-corrected chi connectivity index (χ2v) is 14.9. The molecule has 276 valence electrons. The minimum absolute atomic E-state index is 0.618. The second kappa shape index (κ2) is 13.3. The summed E-state index contributed by atoms with van der Waals surface area (Å²) in [7, 11) is 0. The zero-order valence-electron chi connectivity index (χ0n) is 31.8. The van der Waals surface area contributed by atoms with E-state index in [0.29, 0.717) is 17.5 Å². The molecule has 4 aromatic heterocycles. The maximum atomic E-state index is 5.18. The lowest BCUT2D eigenvalue weighted by atomic mass is 10.0. The van der Waals surface area contributed by atoms with Crippen molar-refractivity contribution in [2.24, 2.45) is 0 Å². The molecule has 0 spiro atoms. The van der Waals surface area contributed by atoms with Gasteiger partial charge in [0.05, 0.1) is 27.6 Å². The lowest BCUT2D eigenvalue weighted by Crippen LogP contribution is -2.01. The standard InChI is InChI=1S/C53H34N6/c1-3-16-36(17-4-1)50-54-51(56-52(55-50)38-18-15-21-40(34-38)57-44-25-10-7-22-41(44)42-23-8-11-26-45(42)57)37-32-30-35(31-33-37)49-43-24-9-12-27-46(43)59-48-29-14-13-28-47(48)58(53(49)59)39-19-5-2-6-20-39/h1-34H. The number of hydrogen-bond acceptors (Lipinski definition) is 3. The molecule has 0 saturated heterocycles. The Balaban J connectivity index is 1.02. The topological polar surface area (TPSA) is 52.9 Å². The lowest BCUT2D eigenvalue weighted by molar-refractivity contribution is 1.07. The van der Waals surface area contributed by atoms with Gasteiger partial charge in [0.25, 0.3) is 0 Å². The second-order valence-electron chi connectivity index (χ2n) is 14.9. The third-order valence-corrected chi connectivity index (χ3v) is 11.5. The number of rotatable bonds is 6. The number of aromatic nitrogens is 6. The van der Waals surface area contributed by atoms with E-state index in [2.05, 4.69) is 202 Å². The van der Waals surface area contributed by atoms with Gasteiger partial charge in [-0.1, -0.05) is 152 Å².